The van der Waals surface area contributed by atoms with Crippen molar-refractivity contribution in [3.8, 4) is 0 Å². The molecule has 0 aliphatic carbocycles. The molecule has 2 N–H and O–H groups in total. The van der Waals surface area contributed by atoms with E-state index >= 15 is 0 Å². The fourth-order valence-electron chi connectivity index (χ4n) is 2.45. The summed E-state index contributed by atoms with van der Waals surface area (Å²) in [4.78, 5) is 18.6. The number of carbonyl (C=O) groups is 1. The van der Waals surface area contributed by atoms with Crippen LogP contribution in [0.2, 0.25) is 0 Å². The molecule has 0 aromatic carbocycles. The van der Waals surface area contributed by atoms with Crippen LogP contribution in [0.15, 0.2) is 5.38 Å². The maximum absolute atomic E-state index is 11.9. The third-order valence-electron chi connectivity index (χ3n) is 3.84. The summed E-state index contributed by atoms with van der Waals surface area (Å²) in [5.74, 6) is 0.561. The molecule has 2 rings (SSSR count). The summed E-state index contributed by atoms with van der Waals surface area (Å²) in [6.45, 7) is 9.93. The summed E-state index contributed by atoms with van der Waals surface area (Å²) >= 11 is 1.76. The zero-order valence-corrected chi connectivity index (χ0v) is 14.9. The second-order valence-corrected chi connectivity index (χ2v) is 7.60. The van der Waals surface area contributed by atoms with Crippen LogP contribution in [0.25, 0.3) is 0 Å². The van der Waals surface area contributed by atoms with E-state index in [1.54, 1.807) is 18.3 Å². The number of amides is 1. The molecule has 1 unspecified atom stereocenters. The lowest BCUT2D eigenvalue weighted by atomic mass is 9.93. The van der Waals surface area contributed by atoms with Crippen molar-refractivity contribution >= 4 is 29.7 Å². The topological polar surface area (TPSA) is 59.2 Å². The van der Waals surface area contributed by atoms with Crippen LogP contribution in [0.1, 0.15) is 57.2 Å². The van der Waals surface area contributed by atoms with Gasteiger partial charge in [0.1, 0.15) is 0 Å². The van der Waals surface area contributed by atoms with Gasteiger partial charge in [-0.3, -0.25) is 4.79 Å². The zero-order valence-electron chi connectivity index (χ0n) is 13.3. The monoisotopic (exact) mass is 331 g/mol. The Kier molecular flexibility index (Phi) is 6.20. The van der Waals surface area contributed by atoms with Crippen LogP contribution in [0, 0.1) is 0 Å². The van der Waals surface area contributed by atoms with Crippen LogP contribution in [0.5, 0.6) is 0 Å². The highest BCUT2D eigenvalue weighted by molar-refractivity contribution is 7.09. The van der Waals surface area contributed by atoms with E-state index in [1.807, 2.05) is 4.90 Å². The zero-order chi connectivity index (χ0) is 14.9. The molecule has 0 saturated carbocycles. The van der Waals surface area contributed by atoms with Gasteiger partial charge >= 0.3 is 0 Å². The van der Waals surface area contributed by atoms with E-state index < -0.39 is 0 Å². The van der Waals surface area contributed by atoms with E-state index in [2.05, 4.69) is 26.2 Å². The molecule has 1 amide bonds. The van der Waals surface area contributed by atoms with Gasteiger partial charge in [0.05, 0.1) is 16.7 Å². The van der Waals surface area contributed by atoms with Crippen molar-refractivity contribution in [2.45, 2.75) is 57.9 Å². The highest BCUT2D eigenvalue weighted by atomic mass is 35.5. The van der Waals surface area contributed by atoms with Crippen LogP contribution >= 0.6 is 23.7 Å². The predicted molar refractivity (Wildman–Crippen MR) is 90.3 cm³/mol. The smallest absolute Gasteiger partial charge is 0.239 e. The lowest BCUT2D eigenvalue weighted by molar-refractivity contribution is -0.133. The third-order valence-corrected chi connectivity index (χ3v) is 4.84. The summed E-state index contributed by atoms with van der Waals surface area (Å²) in [5.41, 5.74) is 6.95. The fraction of sp³-hybridized carbons (Fsp3) is 0.733. The van der Waals surface area contributed by atoms with Crippen molar-refractivity contribution in [1.82, 2.24) is 9.88 Å². The minimum Gasteiger partial charge on any atom is -0.341 e. The fourth-order valence-corrected chi connectivity index (χ4v) is 3.67. The number of nitrogens with zero attached hydrogens (tertiary/aromatic N) is 2. The number of hydrogen-bond acceptors (Lipinski definition) is 4. The van der Waals surface area contributed by atoms with Crippen molar-refractivity contribution in [3.63, 3.8) is 0 Å². The largest absolute Gasteiger partial charge is 0.341 e. The molecule has 21 heavy (non-hydrogen) atoms. The van der Waals surface area contributed by atoms with E-state index in [0.29, 0.717) is 5.92 Å². The van der Waals surface area contributed by atoms with Gasteiger partial charge in [-0.1, -0.05) is 20.8 Å². The normalized spacial score (nSPS) is 18.2. The molecule has 1 saturated heterocycles. The predicted octanol–water partition coefficient (Wildman–Crippen LogP) is 2.92. The van der Waals surface area contributed by atoms with Crippen molar-refractivity contribution in [3.05, 3.63) is 16.1 Å². The van der Waals surface area contributed by atoms with Crippen molar-refractivity contribution < 1.29 is 4.79 Å². The van der Waals surface area contributed by atoms with E-state index in [9.17, 15) is 4.79 Å². The van der Waals surface area contributed by atoms with Gasteiger partial charge in [-0.25, -0.2) is 4.98 Å². The first kappa shape index (κ1) is 18.4. The summed E-state index contributed by atoms with van der Waals surface area (Å²) in [7, 11) is 0. The van der Waals surface area contributed by atoms with Gasteiger partial charge in [-0.15, -0.1) is 23.7 Å². The first-order valence-corrected chi connectivity index (χ1v) is 8.17. The number of thiazole rings is 1. The molecule has 2 heterocycles. The molecular formula is C15H26ClN3OS. The molecule has 1 atom stereocenters. The Balaban J connectivity index is 0.00000220. The van der Waals surface area contributed by atoms with Gasteiger partial charge in [0.15, 0.2) is 0 Å². The Morgan fingerprint density at radius 3 is 2.43 bits per heavy atom. The van der Waals surface area contributed by atoms with Crippen LogP contribution in [0.4, 0.5) is 0 Å². The minimum atomic E-state index is -0.390. The van der Waals surface area contributed by atoms with E-state index in [1.165, 1.54) is 10.7 Å². The quantitative estimate of drug-likeness (QED) is 0.906. The molecule has 1 aliphatic rings. The second-order valence-electron chi connectivity index (χ2n) is 6.71. The van der Waals surface area contributed by atoms with Crippen molar-refractivity contribution in [2.75, 3.05) is 13.1 Å². The standard InChI is InChI=1S/C15H25N3OS.ClH/c1-10(16)14(19)18-7-5-11(6-8-18)13-17-12(9-20-13)15(2,3)4;/h9-11H,5-8,16H2,1-4H3;1H. The second kappa shape index (κ2) is 7.07. The van der Waals surface area contributed by atoms with E-state index in [-0.39, 0.29) is 29.8 Å². The Labute approximate surface area is 137 Å². The Bertz CT molecular complexity index is 474. The number of hydrogen-bond donors (Lipinski definition) is 1. The minimum absolute atomic E-state index is 0. The molecule has 1 aromatic heterocycles. The summed E-state index contributed by atoms with van der Waals surface area (Å²) in [6.07, 6.45) is 1.99. The molecular weight excluding hydrogens is 306 g/mol. The number of nitrogens with two attached hydrogens (primary N) is 1. The number of halogens is 1. The SMILES string of the molecule is CC(N)C(=O)N1CCC(c2nc(C(C)(C)C)cs2)CC1.Cl. The summed E-state index contributed by atoms with van der Waals surface area (Å²) < 4.78 is 0. The number of aromatic nitrogens is 1. The van der Waals surface area contributed by atoms with Gasteiger partial charge in [0, 0.05) is 29.8 Å². The Morgan fingerprint density at radius 2 is 2.00 bits per heavy atom. The molecule has 1 aliphatic heterocycles. The maximum Gasteiger partial charge on any atom is 0.239 e. The molecule has 1 fully saturated rings. The van der Waals surface area contributed by atoms with Gasteiger partial charge < -0.3 is 10.6 Å². The van der Waals surface area contributed by atoms with Crippen LogP contribution in [-0.2, 0) is 10.2 Å². The highest BCUT2D eigenvalue weighted by Gasteiger charge is 2.28. The van der Waals surface area contributed by atoms with Gasteiger partial charge in [-0.05, 0) is 19.8 Å². The third kappa shape index (κ3) is 4.41. The van der Waals surface area contributed by atoms with Crippen molar-refractivity contribution in [1.29, 1.82) is 0 Å². The lowest BCUT2D eigenvalue weighted by Gasteiger charge is -2.32. The van der Waals surface area contributed by atoms with Crippen LogP contribution in [-0.4, -0.2) is 34.9 Å². The average molecular weight is 332 g/mol. The van der Waals surface area contributed by atoms with E-state index in [4.69, 9.17) is 10.7 Å². The average Bonchev–Trinajstić information content (AvgIpc) is 2.87. The molecule has 0 bridgehead atoms. The van der Waals surface area contributed by atoms with E-state index in [0.717, 1.165) is 25.9 Å². The molecule has 6 heteroatoms. The number of likely N-dealkylation sites (tertiary alicyclic amines) is 1. The summed E-state index contributed by atoms with van der Waals surface area (Å²) in [6, 6.07) is -0.390. The van der Waals surface area contributed by atoms with Crippen molar-refractivity contribution in [2.24, 2.45) is 5.73 Å². The maximum atomic E-state index is 11.9. The molecule has 1 aromatic rings. The highest BCUT2D eigenvalue weighted by Crippen LogP contribution is 2.33. The summed E-state index contributed by atoms with van der Waals surface area (Å²) in [5, 5.41) is 3.40. The first-order valence-electron chi connectivity index (χ1n) is 7.29. The number of carbonyl (C=O) groups excluding carboxylic acids is 1. The van der Waals surface area contributed by atoms with Gasteiger partial charge in [-0.2, -0.15) is 0 Å². The van der Waals surface area contributed by atoms with Crippen LogP contribution in [0.3, 0.4) is 0 Å². The Hall–Kier alpha value is -0.650. The Morgan fingerprint density at radius 1 is 1.43 bits per heavy atom. The van der Waals surface area contributed by atoms with Gasteiger partial charge in [0.25, 0.3) is 0 Å². The first-order chi connectivity index (χ1) is 9.29. The number of rotatable bonds is 2. The molecule has 0 radical (unpaired) electrons. The number of piperidine rings is 1. The van der Waals surface area contributed by atoms with Crippen LogP contribution < -0.4 is 5.73 Å². The molecule has 4 nitrogen and oxygen atoms in total. The molecule has 120 valence electrons. The van der Waals surface area contributed by atoms with Gasteiger partial charge in [0.2, 0.25) is 5.91 Å². The lowest BCUT2D eigenvalue weighted by Crippen LogP contribution is -2.45. The molecule has 0 spiro atoms.